The molecule has 1 aliphatic heterocycles. The molecule has 2 aromatic rings. The minimum absolute atomic E-state index is 0.111. The van der Waals surface area contributed by atoms with Crippen LogP contribution in [0.15, 0.2) is 26.5 Å². The monoisotopic (exact) mass is 460 g/mol. The maximum absolute atomic E-state index is 12.6. The summed E-state index contributed by atoms with van der Waals surface area (Å²) in [5.41, 5.74) is 1.87. The van der Waals surface area contributed by atoms with Gasteiger partial charge in [0, 0.05) is 30.2 Å². The highest BCUT2D eigenvalue weighted by molar-refractivity contribution is 6.13. The molecule has 1 aromatic heterocycles. The quantitative estimate of drug-likeness (QED) is 0.586. The highest BCUT2D eigenvalue weighted by Crippen LogP contribution is 2.39. The number of carboxylic acid groups (broad SMARTS) is 2. The van der Waals surface area contributed by atoms with Crippen molar-refractivity contribution >= 4 is 34.3 Å². The zero-order valence-corrected chi connectivity index (χ0v) is 19.8. The molecule has 9 heteroatoms. The van der Waals surface area contributed by atoms with Gasteiger partial charge in [0.05, 0.1) is 16.8 Å². The Morgan fingerprint density at radius 3 is 2.30 bits per heavy atom. The number of hydrogen-bond acceptors (Lipinski definition) is 7. The van der Waals surface area contributed by atoms with E-state index in [1.165, 1.54) is 20.0 Å². The Hall–Kier alpha value is -3.36. The Kier molecular flexibility index (Phi) is 9.02. The fourth-order valence-electron chi connectivity index (χ4n) is 3.84. The molecule has 0 saturated carbocycles. The molecule has 0 saturated heterocycles. The van der Waals surface area contributed by atoms with Gasteiger partial charge in [-0.05, 0) is 19.4 Å². The maximum Gasteiger partial charge on any atom is 0.371 e. The van der Waals surface area contributed by atoms with Crippen LogP contribution in [0.5, 0.6) is 0 Å². The molecule has 0 bridgehead atoms. The van der Waals surface area contributed by atoms with Gasteiger partial charge in [0.15, 0.2) is 5.43 Å². The van der Waals surface area contributed by atoms with Crippen molar-refractivity contribution in [1.29, 1.82) is 0 Å². The molecular weight excluding hydrogens is 428 g/mol. The second-order valence-electron chi connectivity index (χ2n) is 7.72. The predicted octanol–water partition coefficient (Wildman–Crippen LogP) is 4.28. The summed E-state index contributed by atoms with van der Waals surface area (Å²) >= 11 is 0. The lowest BCUT2D eigenvalue weighted by molar-refractivity contribution is -0.138. The Morgan fingerprint density at radius 1 is 1.15 bits per heavy atom. The van der Waals surface area contributed by atoms with E-state index < -0.39 is 29.2 Å². The van der Waals surface area contributed by atoms with Gasteiger partial charge in [-0.25, -0.2) is 9.59 Å². The highest BCUT2D eigenvalue weighted by atomic mass is 16.6. The molecule has 0 amide bonds. The molecular formula is C24H32N2O7. The minimum Gasteiger partial charge on any atom is -0.480 e. The third kappa shape index (κ3) is 5.35. The first-order valence-corrected chi connectivity index (χ1v) is 11.2. The summed E-state index contributed by atoms with van der Waals surface area (Å²) in [7, 11) is 1.37. The number of aliphatic carboxylic acids is 1. The van der Waals surface area contributed by atoms with E-state index in [1.54, 1.807) is 11.0 Å². The molecule has 9 nitrogen and oxygen atoms in total. The van der Waals surface area contributed by atoms with Gasteiger partial charge in [-0.15, -0.1) is 0 Å². The van der Waals surface area contributed by atoms with Crippen molar-refractivity contribution in [1.82, 2.24) is 0 Å². The first-order chi connectivity index (χ1) is 15.7. The van der Waals surface area contributed by atoms with Crippen molar-refractivity contribution in [3.8, 4) is 0 Å². The summed E-state index contributed by atoms with van der Waals surface area (Å²) in [5.74, 6) is -2.81. The fourth-order valence-corrected chi connectivity index (χ4v) is 3.84. The summed E-state index contributed by atoms with van der Waals surface area (Å²) in [5, 5.41) is 23.3. The predicted molar refractivity (Wildman–Crippen MR) is 127 cm³/mol. The van der Waals surface area contributed by atoms with E-state index in [0.29, 0.717) is 41.9 Å². The van der Waals surface area contributed by atoms with Crippen LogP contribution in [0, 0.1) is 0 Å². The number of carbonyl (C=O) groups is 2. The van der Waals surface area contributed by atoms with Crippen LogP contribution < -0.4 is 10.3 Å². The van der Waals surface area contributed by atoms with Crippen molar-refractivity contribution in [2.24, 2.45) is 5.16 Å². The van der Waals surface area contributed by atoms with E-state index in [-0.39, 0.29) is 17.4 Å². The van der Waals surface area contributed by atoms with Crippen LogP contribution in [-0.4, -0.2) is 47.6 Å². The Bertz CT molecular complexity index is 1100. The van der Waals surface area contributed by atoms with Crippen LogP contribution >= 0.6 is 0 Å². The average Bonchev–Trinajstić information content (AvgIpc) is 2.79. The van der Waals surface area contributed by atoms with Crippen LogP contribution in [0.1, 0.15) is 75.1 Å². The Labute approximate surface area is 192 Å². The number of aryl methyl sites for hydroxylation is 1. The lowest BCUT2D eigenvalue weighted by Crippen LogP contribution is -2.47. The molecule has 1 unspecified atom stereocenters. The standard InChI is InChI=1S/C20H22N2O7.C4H10/c1-4-6-10-17-11(7-12-15(23)9-16(20(26)27)29-18(10)12)13(21-28-3)8-14(19(24)25)22(17)5-2;1-3-4-2/h7,9,14H,4-6,8H2,1-3H3,(H,24,25)(H,26,27);3-4H2,1-2H3/b21-13+;. The first-order valence-electron chi connectivity index (χ1n) is 11.2. The fraction of sp³-hybridized carbons (Fsp3) is 0.500. The average molecular weight is 461 g/mol. The summed E-state index contributed by atoms with van der Waals surface area (Å²) in [6.45, 7) is 8.53. The number of carboxylic acids is 2. The summed E-state index contributed by atoms with van der Waals surface area (Å²) in [4.78, 5) is 42.6. The number of anilines is 1. The number of aromatic carboxylic acids is 1. The van der Waals surface area contributed by atoms with Crippen molar-refractivity contribution in [2.45, 2.75) is 65.8 Å². The second kappa shape index (κ2) is 11.5. The molecule has 180 valence electrons. The molecule has 3 rings (SSSR count). The van der Waals surface area contributed by atoms with E-state index in [1.807, 2.05) is 13.8 Å². The van der Waals surface area contributed by atoms with E-state index in [0.717, 1.165) is 6.07 Å². The molecule has 0 fully saturated rings. The van der Waals surface area contributed by atoms with Crippen molar-refractivity contribution in [3.63, 3.8) is 0 Å². The topological polar surface area (TPSA) is 130 Å². The SMILES string of the molecule is CCCC.CCCc1c2c(cc3c(=O)cc(C(=O)O)oc13)/C(=N/OC)CC(C(=O)O)N2CC. The van der Waals surface area contributed by atoms with Crippen molar-refractivity contribution < 1.29 is 29.1 Å². The number of likely N-dealkylation sites (N-methyl/N-ethyl adjacent to an activating group) is 1. The number of benzene rings is 1. The van der Waals surface area contributed by atoms with Gasteiger partial charge in [-0.1, -0.05) is 45.2 Å². The van der Waals surface area contributed by atoms with E-state index in [4.69, 9.17) is 9.25 Å². The van der Waals surface area contributed by atoms with Gasteiger partial charge in [0.25, 0.3) is 0 Å². The van der Waals surface area contributed by atoms with Gasteiger partial charge < -0.3 is 24.4 Å². The molecule has 2 heterocycles. The van der Waals surface area contributed by atoms with E-state index >= 15 is 0 Å². The highest BCUT2D eigenvalue weighted by Gasteiger charge is 2.37. The molecule has 1 aromatic carbocycles. The van der Waals surface area contributed by atoms with Crippen LogP contribution in [-0.2, 0) is 16.1 Å². The largest absolute Gasteiger partial charge is 0.480 e. The van der Waals surface area contributed by atoms with Crippen molar-refractivity contribution in [3.05, 3.63) is 39.2 Å². The van der Waals surface area contributed by atoms with Gasteiger partial charge >= 0.3 is 11.9 Å². The Morgan fingerprint density at radius 2 is 1.82 bits per heavy atom. The zero-order chi connectivity index (χ0) is 24.7. The molecule has 0 radical (unpaired) electrons. The summed E-state index contributed by atoms with van der Waals surface area (Å²) in [6, 6.07) is 1.66. The van der Waals surface area contributed by atoms with Crippen LogP contribution in [0.4, 0.5) is 5.69 Å². The molecule has 2 N–H and O–H groups in total. The number of hydrogen-bond donors (Lipinski definition) is 2. The number of nitrogens with zero attached hydrogens (tertiary/aromatic N) is 2. The van der Waals surface area contributed by atoms with Gasteiger partial charge in [-0.3, -0.25) is 4.79 Å². The maximum atomic E-state index is 12.6. The summed E-state index contributed by atoms with van der Waals surface area (Å²) < 4.78 is 5.59. The molecule has 0 spiro atoms. The normalized spacial score (nSPS) is 16.2. The number of oxime groups is 1. The van der Waals surface area contributed by atoms with Gasteiger partial charge in [0.2, 0.25) is 5.76 Å². The molecule has 1 aliphatic rings. The number of unbranched alkanes of at least 4 members (excludes halogenated alkanes) is 1. The molecule has 0 aliphatic carbocycles. The molecule has 1 atom stereocenters. The van der Waals surface area contributed by atoms with Crippen LogP contribution in [0.3, 0.4) is 0 Å². The lowest BCUT2D eigenvalue weighted by Gasteiger charge is -2.37. The second-order valence-corrected chi connectivity index (χ2v) is 7.72. The first kappa shape index (κ1) is 25.9. The summed E-state index contributed by atoms with van der Waals surface area (Å²) in [6.07, 6.45) is 3.90. The smallest absolute Gasteiger partial charge is 0.371 e. The number of fused-ring (bicyclic) bond motifs is 2. The van der Waals surface area contributed by atoms with Gasteiger partial charge in [-0.2, -0.15) is 0 Å². The number of rotatable bonds is 7. The van der Waals surface area contributed by atoms with E-state index in [2.05, 4.69) is 19.0 Å². The van der Waals surface area contributed by atoms with Crippen molar-refractivity contribution in [2.75, 3.05) is 18.6 Å². The molecule has 33 heavy (non-hydrogen) atoms. The Balaban J connectivity index is 0.000000890. The van der Waals surface area contributed by atoms with Crippen LogP contribution in [0.2, 0.25) is 0 Å². The van der Waals surface area contributed by atoms with Crippen LogP contribution in [0.25, 0.3) is 11.0 Å². The van der Waals surface area contributed by atoms with Gasteiger partial charge in [0.1, 0.15) is 18.7 Å². The lowest BCUT2D eigenvalue weighted by atomic mass is 9.88. The zero-order valence-electron chi connectivity index (χ0n) is 19.8. The minimum atomic E-state index is -1.35. The third-order valence-electron chi connectivity index (χ3n) is 5.49. The third-order valence-corrected chi connectivity index (χ3v) is 5.49. The van der Waals surface area contributed by atoms with E-state index in [9.17, 15) is 24.6 Å².